The smallest absolute Gasteiger partial charge is 0.328 e. The standard InChI is InChI=1S/C13H21N3O3/c1-13(2,8-15-12(17)16-14)9-5-6-10(18-3)11(7-9)19-4/h5-7H,8,14H2,1-4H3,(H2,15,16,17). The molecule has 0 radical (unpaired) electrons. The van der Waals surface area contributed by atoms with E-state index in [-0.39, 0.29) is 5.41 Å². The quantitative estimate of drug-likeness (QED) is 0.424. The highest BCUT2D eigenvalue weighted by Gasteiger charge is 2.22. The minimum Gasteiger partial charge on any atom is -0.493 e. The van der Waals surface area contributed by atoms with Crippen molar-refractivity contribution in [3.8, 4) is 11.5 Å². The summed E-state index contributed by atoms with van der Waals surface area (Å²) >= 11 is 0. The fourth-order valence-corrected chi connectivity index (χ4v) is 1.71. The van der Waals surface area contributed by atoms with Crippen molar-refractivity contribution in [3.05, 3.63) is 23.8 Å². The van der Waals surface area contributed by atoms with Crippen molar-refractivity contribution in [1.29, 1.82) is 0 Å². The van der Waals surface area contributed by atoms with Crippen LogP contribution in [0.5, 0.6) is 11.5 Å². The Balaban J connectivity index is 2.91. The molecule has 106 valence electrons. The van der Waals surface area contributed by atoms with E-state index >= 15 is 0 Å². The van der Waals surface area contributed by atoms with Gasteiger partial charge in [0.25, 0.3) is 0 Å². The Morgan fingerprint density at radius 1 is 1.26 bits per heavy atom. The highest BCUT2D eigenvalue weighted by Crippen LogP contribution is 2.32. The first-order valence-corrected chi connectivity index (χ1v) is 5.91. The van der Waals surface area contributed by atoms with E-state index in [9.17, 15) is 4.79 Å². The van der Waals surface area contributed by atoms with Gasteiger partial charge in [-0.05, 0) is 17.7 Å². The molecule has 0 aliphatic rings. The van der Waals surface area contributed by atoms with Crippen molar-refractivity contribution in [2.45, 2.75) is 19.3 Å². The fraction of sp³-hybridized carbons (Fsp3) is 0.462. The van der Waals surface area contributed by atoms with Crippen molar-refractivity contribution in [3.63, 3.8) is 0 Å². The normalized spacial score (nSPS) is 10.8. The molecule has 0 heterocycles. The first-order valence-electron chi connectivity index (χ1n) is 5.91. The summed E-state index contributed by atoms with van der Waals surface area (Å²) in [5.41, 5.74) is 2.81. The molecule has 6 nitrogen and oxygen atoms in total. The summed E-state index contributed by atoms with van der Waals surface area (Å²) in [6, 6.07) is 5.29. The van der Waals surface area contributed by atoms with Crippen LogP contribution in [0.25, 0.3) is 0 Å². The lowest BCUT2D eigenvalue weighted by Gasteiger charge is -2.26. The molecule has 1 aromatic carbocycles. The predicted octanol–water partition coefficient (Wildman–Crippen LogP) is 1.15. The van der Waals surface area contributed by atoms with Crippen molar-refractivity contribution >= 4 is 6.03 Å². The molecule has 1 rings (SSSR count). The molecule has 19 heavy (non-hydrogen) atoms. The van der Waals surface area contributed by atoms with Crippen LogP contribution >= 0.6 is 0 Å². The number of hydrogen-bond donors (Lipinski definition) is 3. The van der Waals surface area contributed by atoms with E-state index in [1.54, 1.807) is 14.2 Å². The zero-order valence-electron chi connectivity index (χ0n) is 11.7. The van der Waals surface area contributed by atoms with Gasteiger partial charge in [0, 0.05) is 12.0 Å². The Labute approximate surface area is 113 Å². The van der Waals surface area contributed by atoms with Crippen LogP contribution < -0.4 is 26.1 Å². The van der Waals surface area contributed by atoms with Gasteiger partial charge in [-0.3, -0.25) is 5.43 Å². The summed E-state index contributed by atoms with van der Waals surface area (Å²) in [7, 11) is 3.19. The second-order valence-electron chi connectivity index (χ2n) is 4.78. The average molecular weight is 267 g/mol. The van der Waals surface area contributed by atoms with Crippen LogP contribution in [0, 0.1) is 0 Å². The summed E-state index contributed by atoms with van der Waals surface area (Å²) in [4.78, 5) is 11.1. The van der Waals surface area contributed by atoms with Crippen LogP contribution in [0.1, 0.15) is 19.4 Å². The van der Waals surface area contributed by atoms with E-state index in [0.29, 0.717) is 18.0 Å². The number of ether oxygens (including phenoxy) is 2. The average Bonchev–Trinajstić information content (AvgIpc) is 2.43. The van der Waals surface area contributed by atoms with Crippen molar-refractivity contribution in [1.82, 2.24) is 10.7 Å². The Kier molecular flexibility index (Phi) is 5.00. The maximum Gasteiger partial charge on any atom is 0.328 e. The molecule has 0 bridgehead atoms. The monoisotopic (exact) mass is 267 g/mol. The summed E-state index contributed by atoms with van der Waals surface area (Å²) in [6.45, 7) is 4.49. The second-order valence-corrected chi connectivity index (χ2v) is 4.78. The van der Waals surface area contributed by atoms with Gasteiger partial charge in [-0.15, -0.1) is 0 Å². The number of benzene rings is 1. The van der Waals surface area contributed by atoms with E-state index in [4.69, 9.17) is 15.3 Å². The molecule has 0 saturated carbocycles. The summed E-state index contributed by atoms with van der Waals surface area (Å²) in [5, 5.41) is 2.69. The molecule has 4 N–H and O–H groups in total. The number of nitrogens with two attached hydrogens (primary N) is 1. The molecule has 0 unspecified atom stereocenters. The number of urea groups is 1. The van der Waals surface area contributed by atoms with Crippen molar-refractivity contribution in [2.75, 3.05) is 20.8 Å². The highest BCUT2D eigenvalue weighted by atomic mass is 16.5. The maximum absolute atomic E-state index is 11.1. The zero-order chi connectivity index (χ0) is 14.5. The van der Waals surface area contributed by atoms with Crippen LogP contribution in [0.4, 0.5) is 4.79 Å². The first kappa shape index (κ1) is 15.1. The molecule has 0 fully saturated rings. The topological polar surface area (TPSA) is 85.6 Å². The predicted molar refractivity (Wildman–Crippen MR) is 73.3 cm³/mol. The molecular formula is C13H21N3O3. The lowest BCUT2D eigenvalue weighted by atomic mass is 9.84. The van der Waals surface area contributed by atoms with Gasteiger partial charge >= 0.3 is 6.03 Å². The van der Waals surface area contributed by atoms with E-state index < -0.39 is 6.03 Å². The van der Waals surface area contributed by atoms with E-state index in [1.807, 2.05) is 37.5 Å². The Hall–Kier alpha value is -1.95. The van der Waals surface area contributed by atoms with Crippen molar-refractivity contribution in [2.24, 2.45) is 5.84 Å². The lowest BCUT2D eigenvalue weighted by molar-refractivity contribution is 0.238. The fourth-order valence-electron chi connectivity index (χ4n) is 1.71. The molecule has 0 saturated heterocycles. The molecule has 0 atom stereocenters. The number of carbonyl (C=O) groups excluding carboxylic acids is 1. The summed E-state index contributed by atoms with van der Waals surface area (Å²) in [6.07, 6.45) is 0. The molecular weight excluding hydrogens is 246 g/mol. The van der Waals surface area contributed by atoms with Crippen molar-refractivity contribution < 1.29 is 14.3 Å². The SMILES string of the molecule is COc1ccc(C(C)(C)CNC(=O)NN)cc1OC. The Morgan fingerprint density at radius 3 is 2.42 bits per heavy atom. The van der Waals surface area contributed by atoms with Crippen LogP contribution in [0.3, 0.4) is 0 Å². The number of amides is 2. The second kappa shape index (κ2) is 6.29. The minimum absolute atomic E-state index is 0.258. The number of carbonyl (C=O) groups is 1. The van der Waals surface area contributed by atoms with Gasteiger partial charge in [0.15, 0.2) is 11.5 Å². The largest absolute Gasteiger partial charge is 0.493 e. The van der Waals surface area contributed by atoms with Crippen LogP contribution in [-0.2, 0) is 5.41 Å². The van der Waals surface area contributed by atoms with E-state index in [1.165, 1.54) is 0 Å². The third-order valence-electron chi connectivity index (χ3n) is 2.99. The number of rotatable bonds is 5. The third kappa shape index (κ3) is 3.75. The highest BCUT2D eigenvalue weighted by molar-refractivity contribution is 5.73. The van der Waals surface area contributed by atoms with Gasteiger partial charge in [-0.25, -0.2) is 10.6 Å². The molecule has 2 amide bonds. The zero-order valence-corrected chi connectivity index (χ0v) is 11.7. The molecule has 1 aromatic rings. The van der Waals surface area contributed by atoms with Gasteiger partial charge in [0.05, 0.1) is 14.2 Å². The van der Waals surface area contributed by atoms with Crippen LogP contribution in [0.2, 0.25) is 0 Å². The molecule has 0 aromatic heterocycles. The minimum atomic E-state index is -0.409. The first-order chi connectivity index (χ1) is 8.94. The summed E-state index contributed by atoms with van der Waals surface area (Å²) < 4.78 is 10.5. The molecule has 6 heteroatoms. The van der Waals surface area contributed by atoms with Crippen LogP contribution in [-0.4, -0.2) is 26.8 Å². The van der Waals surface area contributed by atoms with Crippen LogP contribution in [0.15, 0.2) is 18.2 Å². The van der Waals surface area contributed by atoms with E-state index in [0.717, 1.165) is 5.56 Å². The Bertz CT molecular complexity index is 447. The van der Waals surface area contributed by atoms with Gasteiger partial charge in [0.1, 0.15) is 0 Å². The number of nitrogens with one attached hydrogen (secondary N) is 2. The summed E-state index contributed by atoms with van der Waals surface area (Å²) in [5.74, 6) is 6.36. The van der Waals surface area contributed by atoms with Gasteiger partial charge < -0.3 is 14.8 Å². The molecule has 0 spiro atoms. The number of hydrogen-bond acceptors (Lipinski definition) is 4. The molecule has 0 aliphatic heterocycles. The molecule has 0 aliphatic carbocycles. The lowest BCUT2D eigenvalue weighted by Crippen LogP contribution is -2.44. The van der Waals surface area contributed by atoms with Gasteiger partial charge in [0.2, 0.25) is 0 Å². The van der Waals surface area contributed by atoms with Gasteiger partial charge in [-0.1, -0.05) is 19.9 Å². The van der Waals surface area contributed by atoms with Gasteiger partial charge in [-0.2, -0.15) is 0 Å². The van der Waals surface area contributed by atoms with E-state index in [2.05, 4.69) is 5.32 Å². The Morgan fingerprint density at radius 2 is 1.89 bits per heavy atom. The maximum atomic E-state index is 11.1. The number of methoxy groups -OCH3 is 2. The number of hydrazine groups is 1. The third-order valence-corrected chi connectivity index (χ3v) is 2.99.